The molecule has 0 unspecified atom stereocenters. The van der Waals surface area contributed by atoms with Crippen LogP contribution in [0.2, 0.25) is 5.02 Å². The van der Waals surface area contributed by atoms with Crippen molar-refractivity contribution in [3.8, 4) is 6.07 Å². The van der Waals surface area contributed by atoms with Gasteiger partial charge < -0.3 is 10.2 Å². The lowest BCUT2D eigenvalue weighted by Gasteiger charge is -2.19. The van der Waals surface area contributed by atoms with Gasteiger partial charge in [0.15, 0.2) is 0 Å². The third-order valence-electron chi connectivity index (χ3n) is 4.55. The van der Waals surface area contributed by atoms with Crippen molar-refractivity contribution in [2.45, 2.75) is 31.2 Å². The van der Waals surface area contributed by atoms with Crippen LogP contribution in [0.15, 0.2) is 23.6 Å². The van der Waals surface area contributed by atoms with E-state index in [0.29, 0.717) is 28.4 Å². The molecule has 11 heteroatoms. The third kappa shape index (κ3) is 5.29. The van der Waals surface area contributed by atoms with E-state index in [0.717, 1.165) is 4.90 Å². The summed E-state index contributed by atoms with van der Waals surface area (Å²) in [5.41, 5.74) is 0.545. The number of aryl methyl sites for hydroxylation is 2. The number of nitrogens with zero attached hydrogens (tertiary/aromatic N) is 3. The first-order chi connectivity index (χ1) is 14.2. The molecule has 1 aromatic carbocycles. The summed E-state index contributed by atoms with van der Waals surface area (Å²) in [7, 11) is 0. The first-order valence-corrected chi connectivity index (χ1v) is 10.2. The Morgan fingerprint density at radius 1 is 1.40 bits per heavy atom. The number of hydrogen-bond acceptors (Lipinski definition) is 5. The Kier molecular flexibility index (Phi) is 6.63. The Bertz CT molecular complexity index is 1010. The molecular weight excluding hydrogens is 441 g/mol. The van der Waals surface area contributed by atoms with E-state index >= 15 is 0 Å². The number of likely N-dealkylation sites (tertiary alicyclic amines) is 1. The number of aromatic nitrogens is 1. The third-order valence-corrected chi connectivity index (χ3v) is 5.69. The van der Waals surface area contributed by atoms with E-state index in [1.165, 1.54) is 22.8 Å². The van der Waals surface area contributed by atoms with Gasteiger partial charge in [-0.3, -0.25) is 9.59 Å². The molecule has 1 aliphatic rings. The molecule has 0 spiro atoms. The highest BCUT2D eigenvalue weighted by Gasteiger charge is 2.47. The van der Waals surface area contributed by atoms with Crippen molar-refractivity contribution in [3.05, 3.63) is 50.7 Å². The number of halogens is 4. The summed E-state index contributed by atoms with van der Waals surface area (Å²) < 4.78 is 40.7. The van der Waals surface area contributed by atoms with Gasteiger partial charge in [-0.25, -0.2) is 18.2 Å². The number of carbonyl (C=O) groups is 2. The standard InChI is InChI=1S/C19H16ClF3N4O2S/c20-12-3-1-11(14(21)5-12)2-4-16-26-15(9-30-16)18(29)25-8-17(28)27-10-19(22,23)6-13(27)7-24/h1,3,5,9,13H,2,4,6,8,10H2,(H,25,29)/t13-/m0/s1. The van der Waals surface area contributed by atoms with Gasteiger partial charge >= 0.3 is 0 Å². The Morgan fingerprint density at radius 3 is 2.87 bits per heavy atom. The van der Waals surface area contributed by atoms with Crippen molar-refractivity contribution < 1.29 is 22.8 Å². The van der Waals surface area contributed by atoms with Crippen molar-refractivity contribution in [1.29, 1.82) is 5.26 Å². The SMILES string of the molecule is N#C[C@@H]1CC(F)(F)CN1C(=O)CNC(=O)c1csc(CCc2ccc(Cl)cc2F)n1. The minimum absolute atomic E-state index is 0.0722. The molecule has 2 amide bonds. The Hall–Kier alpha value is -2.64. The molecule has 30 heavy (non-hydrogen) atoms. The van der Waals surface area contributed by atoms with Crippen molar-refractivity contribution in [1.82, 2.24) is 15.2 Å². The molecule has 1 saturated heterocycles. The first-order valence-electron chi connectivity index (χ1n) is 8.92. The van der Waals surface area contributed by atoms with Crippen LogP contribution in [0.4, 0.5) is 13.2 Å². The summed E-state index contributed by atoms with van der Waals surface area (Å²) in [6.45, 7) is -1.36. The van der Waals surface area contributed by atoms with E-state index < -0.39 is 49.1 Å². The van der Waals surface area contributed by atoms with Crippen LogP contribution in [0.1, 0.15) is 27.5 Å². The van der Waals surface area contributed by atoms with E-state index in [-0.39, 0.29) is 5.69 Å². The molecule has 0 aliphatic carbocycles. The second-order valence-corrected chi connectivity index (χ2v) is 8.15. The highest BCUT2D eigenvalue weighted by molar-refractivity contribution is 7.09. The quantitative estimate of drug-likeness (QED) is 0.723. The van der Waals surface area contributed by atoms with Crippen LogP contribution in [0.3, 0.4) is 0 Å². The highest BCUT2D eigenvalue weighted by Crippen LogP contribution is 2.31. The number of nitrogens with one attached hydrogen (secondary N) is 1. The van der Waals surface area contributed by atoms with E-state index in [2.05, 4.69) is 10.3 Å². The molecule has 158 valence electrons. The monoisotopic (exact) mass is 456 g/mol. The van der Waals surface area contributed by atoms with Gasteiger partial charge in [-0.05, 0) is 24.1 Å². The number of carbonyl (C=O) groups excluding carboxylic acids is 2. The van der Waals surface area contributed by atoms with Crippen LogP contribution < -0.4 is 5.32 Å². The second kappa shape index (κ2) is 9.02. The van der Waals surface area contributed by atoms with Gasteiger partial charge in [0.05, 0.1) is 24.2 Å². The van der Waals surface area contributed by atoms with Gasteiger partial charge in [0, 0.05) is 23.2 Å². The van der Waals surface area contributed by atoms with Crippen molar-refractivity contribution in [2.75, 3.05) is 13.1 Å². The van der Waals surface area contributed by atoms with E-state index in [1.54, 1.807) is 18.2 Å². The van der Waals surface area contributed by atoms with Crippen molar-refractivity contribution >= 4 is 34.8 Å². The predicted octanol–water partition coefficient (Wildman–Crippen LogP) is 3.21. The average Bonchev–Trinajstić information content (AvgIpc) is 3.29. The summed E-state index contributed by atoms with van der Waals surface area (Å²) in [5.74, 6) is -4.93. The Balaban J connectivity index is 1.52. The van der Waals surface area contributed by atoms with Gasteiger partial charge in [-0.2, -0.15) is 5.26 Å². The minimum atomic E-state index is -3.12. The molecule has 2 aromatic rings. The topological polar surface area (TPSA) is 86.1 Å². The zero-order valence-electron chi connectivity index (χ0n) is 15.5. The molecular formula is C19H16ClF3N4O2S. The molecule has 0 saturated carbocycles. The zero-order valence-corrected chi connectivity index (χ0v) is 17.1. The van der Waals surface area contributed by atoms with Crippen LogP contribution in [0.5, 0.6) is 0 Å². The summed E-state index contributed by atoms with van der Waals surface area (Å²) in [6.07, 6.45) is 0.0593. The first kappa shape index (κ1) is 22.1. The van der Waals surface area contributed by atoms with Crippen molar-refractivity contribution in [3.63, 3.8) is 0 Å². The minimum Gasteiger partial charge on any atom is -0.342 e. The van der Waals surface area contributed by atoms with Crippen LogP contribution in [-0.2, 0) is 17.6 Å². The van der Waals surface area contributed by atoms with Gasteiger partial charge in [-0.15, -0.1) is 11.3 Å². The molecule has 6 nitrogen and oxygen atoms in total. The molecule has 1 atom stereocenters. The maximum atomic E-state index is 13.8. The number of amides is 2. The second-order valence-electron chi connectivity index (χ2n) is 6.77. The fraction of sp³-hybridized carbons (Fsp3) is 0.368. The van der Waals surface area contributed by atoms with Crippen LogP contribution >= 0.6 is 22.9 Å². The molecule has 1 aliphatic heterocycles. The number of nitriles is 1. The molecule has 2 heterocycles. The van der Waals surface area contributed by atoms with E-state index in [9.17, 15) is 22.8 Å². The van der Waals surface area contributed by atoms with E-state index in [1.807, 2.05) is 0 Å². The Labute approximate surface area is 179 Å². The maximum absolute atomic E-state index is 13.8. The summed E-state index contributed by atoms with van der Waals surface area (Å²) >= 11 is 6.93. The molecule has 1 fully saturated rings. The maximum Gasteiger partial charge on any atom is 0.271 e. The summed E-state index contributed by atoms with van der Waals surface area (Å²) in [6, 6.07) is 4.85. The van der Waals surface area contributed by atoms with Crippen LogP contribution in [-0.4, -0.2) is 46.8 Å². The zero-order chi connectivity index (χ0) is 21.9. The number of thiazole rings is 1. The summed E-state index contributed by atoms with van der Waals surface area (Å²) in [5, 5.41) is 13.7. The fourth-order valence-electron chi connectivity index (χ4n) is 3.04. The largest absolute Gasteiger partial charge is 0.342 e. The van der Waals surface area contributed by atoms with Crippen molar-refractivity contribution in [2.24, 2.45) is 0 Å². The highest BCUT2D eigenvalue weighted by atomic mass is 35.5. The fourth-order valence-corrected chi connectivity index (χ4v) is 3.98. The van der Waals surface area contributed by atoms with Gasteiger partial charge in [0.25, 0.3) is 11.8 Å². The number of hydrogen-bond donors (Lipinski definition) is 1. The molecule has 1 aromatic heterocycles. The predicted molar refractivity (Wildman–Crippen MR) is 104 cm³/mol. The molecule has 0 radical (unpaired) electrons. The van der Waals surface area contributed by atoms with Gasteiger partial charge in [-0.1, -0.05) is 17.7 Å². The lowest BCUT2D eigenvalue weighted by Crippen LogP contribution is -2.43. The lowest BCUT2D eigenvalue weighted by atomic mass is 10.1. The number of alkyl halides is 2. The van der Waals surface area contributed by atoms with Gasteiger partial charge in [0.1, 0.15) is 17.6 Å². The molecule has 1 N–H and O–H groups in total. The van der Waals surface area contributed by atoms with Crippen LogP contribution in [0, 0.1) is 17.1 Å². The van der Waals surface area contributed by atoms with Crippen LogP contribution in [0.25, 0.3) is 0 Å². The summed E-state index contributed by atoms with van der Waals surface area (Å²) in [4.78, 5) is 29.3. The smallest absolute Gasteiger partial charge is 0.271 e. The molecule has 0 bridgehead atoms. The Morgan fingerprint density at radius 2 is 2.17 bits per heavy atom. The lowest BCUT2D eigenvalue weighted by molar-refractivity contribution is -0.131. The normalized spacial score (nSPS) is 17.6. The molecule has 3 rings (SSSR count). The average molecular weight is 457 g/mol. The van der Waals surface area contributed by atoms with E-state index in [4.69, 9.17) is 16.9 Å². The number of benzene rings is 1. The van der Waals surface area contributed by atoms with Gasteiger partial charge in [0.2, 0.25) is 5.91 Å². The number of rotatable bonds is 6.